The number of Topliss-reactive ketones (excluding diaryl/α,β-unsaturated/α-hetero) is 1. The van der Waals surface area contributed by atoms with E-state index in [0.717, 1.165) is 22.2 Å². The molecule has 5 nitrogen and oxygen atoms in total. The van der Waals surface area contributed by atoms with Crippen LogP contribution in [0, 0.1) is 6.92 Å². The van der Waals surface area contributed by atoms with Gasteiger partial charge in [0.05, 0.1) is 5.75 Å². The van der Waals surface area contributed by atoms with Crippen LogP contribution in [0.25, 0.3) is 10.9 Å². The minimum absolute atomic E-state index is 0.0531. The van der Waals surface area contributed by atoms with Crippen molar-refractivity contribution in [2.75, 3.05) is 5.75 Å². The molecule has 0 amide bonds. The van der Waals surface area contributed by atoms with Crippen molar-refractivity contribution < 1.29 is 9.21 Å². The molecule has 0 unspecified atom stereocenters. The van der Waals surface area contributed by atoms with E-state index in [2.05, 4.69) is 34.2 Å². The number of rotatable bonds is 7. The molecule has 1 N–H and O–H groups in total. The summed E-state index contributed by atoms with van der Waals surface area (Å²) >= 11 is 1.28. The second-order valence-corrected chi connectivity index (χ2v) is 7.79. The summed E-state index contributed by atoms with van der Waals surface area (Å²) in [6, 6.07) is 18.1. The number of para-hydroxylation sites is 1. The van der Waals surface area contributed by atoms with Crippen molar-refractivity contribution in [3.05, 3.63) is 77.3 Å². The van der Waals surface area contributed by atoms with Crippen LogP contribution in [0.2, 0.25) is 0 Å². The van der Waals surface area contributed by atoms with E-state index in [4.69, 9.17) is 4.42 Å². The van der Waals surface area contributed by atoms with Gasteiger partial charge in [-0.3, -0.25) is 4.79 Å². The third kappa shape index (κ3) is 3.87. The van der Waals surface area contributed by atoms with Crippen LogP contribution in [0.1, 0.15) is 40.3 Å². The summed E-state index contributed by atoms with van der Waals surface area (Å²) < 4.78 is 5.74. The Hall–Kier alpha value is -2.86. The molecule has 0 saturated heterocycles. The second-order valence-electron chi connectivity index (χ2n) is 6.86. The standard InChI is InChI=1S/C22H21N3O2S/c1-14(16-8-4-3-5-9-16)12-20-24-25-22(27-20)28-13-19(26)21-15(2)23-18-11-7-6-10-17(18)21/h3-11,14,23H,12-13H2,1-2H3/t14-/m1/s1. The first kappa shape index (κ1) is 18.5. The molecular formula is C22H21N3O2S. The number of aromatic amines is 1. The van der Waals surface area contributed by atoms with Crippen molar-refractivity contribution in [3.8, 4) is 0 Å². The van der Waals surface area contributed by atoms with Gasteiger partial charge >= 0.3 is 0 Å². The largest absolute Gasteiger partial charge is 0.416 e. The van der Waals surface area contributed by atoms with E-state index in [1.165, 1.54) is 17.3 Å². The number of aryl methyl sites for hydroxylation is 1. The molecule has 2 aromatic carbocycles. The smallest absolute Gasteiger partial charge is 0.277 e. The molecule has 2 heterocycles. The van der Waals surface area contributed by atoms with E-state index >= 15 is 0 Å². The summed E-state index contributed by atoms with van der Waals surface area (Å²) in [5.74, 6) is 1.19. The van der Waals surface area contributed by atoms with Crippen molar-refractivity contribution >= 4 is 28.4 Å². The number of hydrogen-bond acceptors (Lipinski definition) is 5. The van der Waals surface area contributed by atoms with Crippen LogP contribution < -0.4 is 0 Å². The third-order valence-corrected chi connectivity index (χ3v) is 5.62. The molecule has 28 heavy (non-hydrogen) atoms. The lowest BCUT2D eigenvalue weighted by Crippen LogP contribution is -2.03. The lowest BCUT2D eigenvalue weighted by Gasteiger charge is -2.08. The van der Waals surface area contributed by atoms with Gasteiger partial charge in [0, 0.05) is 28.6 Å². The molecule has 0 aliphatic heterocycles. The Morgan fingerprint density at radius 2 is 1.86 bits per heavy atom. The fourth-order valence-electron chi connectivity index (χ4n) is 3.38. The van der Waals surface area contributed by atoms with Gasteiger partial charge in [0.15, 0.2) is 5.78 Å². The van der Waals surface area contributed by atoms with Crippen molar-refractivity contribution in [1.82, 2.24) is 15.2 Å². The van der Waals surface area contributed by atoms with Gasteiger partial charge in [-0.05, 0) is 24.5 Å². The Morgan fingerprint density at radius 1 is 1.11 bits per heavy atom. The number of carbonyl (C=O) groups is 1. The summed E-state index contributed by atoms with van der Waals surface area (Å²) in [7, 11) is 0. The molecule has 1 atom stereocenters. The maximum absolute atomic E-state index is 12.8. The van der Waals surface area contributed by atoms with Crippen LogP contribution in [-0.2, 0) is 6.42 Å². The fourth-order valence-corrected chi connectivity index (χ4v) is 4.03. The summed E-state index contributed by atoms with van der Waals surface area (Å²) in [6.07, 6.45) is 0.674. The molecule has 0 radical (unpaired) electrons. The topological polar surface area (TPSA) is 71.8 Å². The monoisotopic (exact) mass is 391 g/mol. The number of benzene rings is 2. The van der Waals surface area contributed by atoms with Crippen molar-refractivity contribution in [1.29, 1.82) is 0 Å². The van der Waals surface area contributed by atoms with Gasteiger partial charge < -0.3 is 9.40 Å². The van der Waals surface area contributed by atoms with Gasteiger partial charge in [-0.2, -0.15) is 0 Å². The molecule has 6 heteroatoms. The van der Waals surface area contributed by atoms with Crippen molar-refractivity contribution in [2.45, 2.75) is 31.4 Å². The Balaban J connectivity index is 1.40. The number of H-pyrrole nitrogens is 1. The van der Waals surface area contributed by atoms with Crippen molar-refractivity contribution in [2.24, 2.45) is 0 Å². The van der Waals surface area contributed by atoms with Crippen LogP contribution in [0.5, 0.6) is 0 Å². The van der Waals surface area contributed by atoms with Crippen LogP contribution in [0.15, 0.2) is 64.2 Å². The number of thioether (sulfide) groups is 1. The zero-order valence-corrected chi connectivity index (χ0v) is 16.6. The quantitative estimate of drug-likeness (QED) is 0.347. The third-order valence-electron chi connectivity index (χ3n) is 4.80. The molecule has 0 fully saturated rings. The normalized spacial score (nSPS) is 12.4. The minimum Gasteiger partial charge on any atom is -0.416 e. The summed E-state index contributed by atoms with van der Waals surface area (Å²) in [5, 5.41) is 9.61. The van der Waals surface area contributed by atoms with Gasteiger partial charge in [-0.25, -0.2) is 0 Å². The van der Waals surface area contributed by atoms with E-state index < -0.39 is 0 Å². The zero-order valence-electron chi connectivity index (χ0n) is 15.8. The molecule has 0 spiro atoms. The highest BCUT2D eigenvalue weighted by molar-refractivity contribution is 7.99. The summed E-state index contributed by atoms with van der Waals surface area (Å²) in [6.45, 7) is 4.06. The second kappa shape index (κ2) is 8.02. The molecule has 4 aromatic rings. The molecular weight excluding hydrogens is 370 g/mol. The van der Waals surface area contributed by atoms with E-state index in [1.807, 2.05) is 49.4 Å². The van der Waals surface area contributed by atoms with Crippen LogP contribution in [0.3, 0.4) is 0 Å². The van der Waals surface area contributed by atoms with E-state index in [9.17, 15) is 4.79 Å². The number of fused-ring (bicyclic) bond motifs is 1. The zero-order chi connectivity index (χ0) is 19.5. The van der Waals surface area contributed by atoms with Gasteiger partial charge in [0.2, 0.25) is 5.89 Å². The summed E-state index contributed by atoms with van der Waals surface area (Å²) in [5.41, 5.74) is 3.83. The van der Waals surface area contributed by atoms with E-state index in [0.29, 0.717) is 17.5 Å². The van der Waals surface area contributed by atoms with Crippen LogP contribution in [-0.4, -0.2) is 26.7 Å². The minimum atomic E-state index is 0.0531. The number of nitrogens with one attached hydrogen (secondary N) is 1. The van der Waals surface area contributed by atoms with Gasteiger partial charge in [0.25, 0.3) is 5.22 Å². The maximum Gasteiger partial charge on any atom is 0.277 e. The van der Waals surface area contributed by atoms with Gasteiger partial charge in [-0.15, -0.1) is 10.2 Å². The number of aromatic nitrogens is 3. The number of nitrogens with zero attached hydrogens (tertiary/aromatic N) is 2. The predicted molar refractivity (Wildman–Crippen MR) is 111 cm³/mol. The molecule has 0 aliphatic carbocycles. The molecule has 142 valence electrons. The SMILES string of the molecule is Cc1[nH]c2ccccc2c1C(=O)CSc1nnc(C[C@@H](C)c2ccccc2)o1. The first-order chi connectivity index (χ1) is 13.6. The number of hydrogen-bond donors (Lipinski definition) is 1. The first-order valence-electron chi connectivity index (χ1n) is 9.22. The summed E-state index contributed by atoms with van der Waals surface area (Å²) in [4.78, 5) is 16.0. The Bertz CT molecular complexity index is 1100. The van der Waals surface area contributed by atoms with Gasteiger partial charge in [0.1, 0.15) is 0 Å². The molecule has 0 saturated carbocycles. The maximum atomic E-state index is 12.8. The highest BCUT2D eigenvalue weighted by Gasteiger charge is 2.18. The molecule has 2 aromatic heterocycles. The van der Waals surface area contributed by atoms with Crippen LogP contribution in [0.4, 0.5) is 0 Å². The van der Waals surface area contributed by atoms with E-state index in [-0.39, 0.29) is 17.5 Å². The molecule has 4 rings (SSSR count). The number of carbonyl (C=O) groups excluding carboxylic acids is 1. The lowest BCUT2D eigenvalue weighted by atomic mass is 9.98. The molecule has 0 aliphatic rings. The lowest BCUT2D eigenvalue weighted by molar-refractivity contribution is 0.102. The molecule has 0 bridgehead atoms. The Morgan fingerprint density at radius 3 is 2.68 bits per heavy atom. The average molecular weight is 391 g/mol. The fraction of sp³-hybridized carbons (Fsp3) is 0.227. The highest BCUT2D eigenvalue weighted by atomic mass is 32.2. The predicted octanol–water partition coefficient (Wildman–Crippen LogP) is 5.18. The highest BCUT2D eigenvalue weighted by Crippen LogP contribution is 2.26. The van der Waals surface area contributed by atoms with E-state index in [1.54, 1.807) is 0 Å². The Kier molecular flexibility index (Phi) is 5.30. The van der Waals surface area contributed by atoms with Crippen molar-refractivity contribution in [3.63, 3.8) is 0 Å². The number of ketones is 1. The first-order valence-corrected chi connectivity index (χ1v) is 10.2. The van der Waals surface area contributed by atoms with Gasteiger partial charge in [-0.1, -0.05) is 67.2 Å². The Labute approximate surface area is 167 Å². The average Bonchev–Trinajstić information content (AvgIpc) is 3.29. The van der Waals surface area contributed by atoms with Crippen LogP contribution >= 0.6 is 11.8 Å².